The van der Waals surface area contributed by atoms with Crippen LogP contribution in [0.4, 0.5) is 0 Å². The van der Waals surface area contributed by atoms with E-state index >= 15 is 0 Å². The van der Waals surface area contributed by atoms with E-state index < -0.39 is 34.0 Å². The van der Waals surface area contributed by atoms with Gasteiger partial charge in [-0.3, -0.25) is 4.79 Å². The summed E-state index contributed by atoms with van der Waals surface area (Å²) in [7, 11) is -2.04. The van der Waals surface area contributed by atoms with Crippen molar-refractivity contribution in [2.75, 3.05) is 19.8 Å². The van der Waals surface area contributed by atoms with Gasteiger partial charge in [-0.15, -0.1) is 0 Å². The molecule has 1 aliphatic heterocycles. The van der Waals surface area contributed by atoms with E-state index in [1.165, 1.54) is 7.05 Å². The summed E-state index contributed by atoms with van der Waals surface area (Å²) in [6.45, 7) is 1.98. The highest BCUT2D eigenvalue weighted by Crippen LogP contribution is 2.22. The number of carbonyl (C=O) groups excluding carboxylic acids is 1. The standard InChI is InChI=1S/C11H20N2O5S/c1-4-8(11(15)16)12(2)10(14)9-6-5-7-13(9)19(3,17)18/h8-9H,4-7H2,1-3H3,(H,15,16). The third-order valence-corrected chi connectivity index (χ3v) is 4.69. The first-order valence-electron chi connectivity index (χ1n) is 6.16. The van der Waals surface area contributed by atoms with Gasteiger partial charge >= 0.3 is 5.97 Å². The SMILES string of the molecule is CCC(C(=O)O)N(C)C(=O)C1CCCN1S(C)(=O)=O. The van der Waals surface area contributed by atoms with Crippen molar-refractivity contribution in [3.8, 4) is 0 Å². The molecule has 0 saturated carbocycles. The van der Waals surface area contributed by atoms with Gasteiger partial charge in [0.1, 0.15) is 12.1 Å². The molecule has 1 aliphatic rings. The lowest BCUT2D eigenvalue weighted by Gasteiger charge is -2.29. The van der Waals surface area contributed by atoms with Gasteiger partial charge in [0.15, 0.2) is 0 Å². The van der Waals surface area contributed by atoms with E-state index in [4.69, 9.17) is 5.11 Å². The Morgan fingerprint density at radius 2 is 2.05 bits per heavy atom. The predicted molar refractivity (Wildman–Crippen MR) is 69.1 cm³/mol. The number of carbonyl (C=O) groups is 2. The van der Waals surface area contributed by atoms with Crippen LogP contribution in [0.1, 0.15) is 26.2 Å². The third kappa shape index (κ3) is 3.44. The summed E-state index contributed by atoms with van der Waals surface area (Å²) < 4.78 is 24.3. The molecular weight excluding hydrogens is 272 g/mol. The molecule has 1 rings (SSSR count). The molecule has 1 heterocycles. The van der Waals surface area contributed by atoms with E-state index in [1.807, 2.05) is 0 Å². The third-order valence-electron chi connectivity index (χ3n) is 3.40. The van der Waals surface area contributed by atoms with Gasteiger partial charge in [0.05, 0.1) is 6.26 Å². The Kier molecular flexibility index (Phi) is 4.92. The fraction of sp³-hybridized carbons (Fsp3) is 0.818. The number of aliphatic carboxylic acids is 1. The summed E-state index contributed by atoms with van der Waals surface area (Å²) in [5, 5.41) is 9.04. The Labute approximate surface area is 113 Å². The van der Waals surface area contributed by atoms with Crippen molar-refractivity contribution in [1.82, 2.24) is 9.21 Å². The molecule has 0 spiro atoms. The molecule has 1 saturated heterocycles. The van der Waals surface area contributed by atoms with Crippen LogP contribution in [0.2, 0.25) is 0 Å². The number of hydrogen-bond acceptors (Lipinski definition) is 4. The monoisotopic (exact) mass is 292 g/mol. The zero-order valence-electron chi connectivity index (χ0n) is 11.4. The van der Waals surface area contributed by atoms with Crippen LogP contribution in [0.5, 0.6) is 0 Å². The van der Waals surface area contributed by atoms with E-state index in [9.17, 15) is 18.0 Å². The van der Waals surface area contributed by atoms with Crippen molar-refractivity contribution >= 4 is 21.9 Å². The topological polar surface area (TPSA) is 95.0 Å². The molecule has 0 bridgehead atoms. The van der Waals surface area contributed by atoms with Gasteiger partial charge in [-0.2, -0.15) is 4.31 Å². The second-order valence-electron chi connectivity index (χ2n) is 4.74. The quantitative estimate of drug-likeness (QED) is 0.753. The highest BCUT2D eigenvalue weighted by atomic mass is 32.2. The van der Waals surface area contributed by atoms with E-state index in [1.54, 1.807) is 6.92 Å². The van der Waals surface area contributed by atoms with Gasteiger partial charge in [0.2, 0.25) is 15.9 Å². The van der Waals surface area contributed by atoms with Crippen molar-refractivity contribution < 1.29 is 23.1 Å². The Hall–Kier alpha value is -1.15. The second kappa shape index (κ2) is 5.87. The van der Waals surface area contributed by atoms with Crippen molar-refractivity contribution in [3.63, 3.8) is 0 Å². The van der Waals surface area contributed by atoms with Gasteiger partial charge < -0.3 is 10.0 Å². The van der Waals surface area contributed by atoms with Gasteiger partial charge in [0.25, 0.3) is 0 Å². The highest BCUT2D eigenvalue weighted by Gasteiger charge is 2.39. The fourth-order valence-electron chi connectivity index (χ4n) is 2.39. The van der Waals surface area contributed by atoms with Crippen molar-refractivity contribution in [2.45, 2.75) is 38.3 Å². The van der Waals surface area contributed by atoms with Crippen LogP contribution in [0.15, 0.2) is 0 Å². The Morgan fingerprint density at radius 1 is 1.47 bits per heavy atom. The summed E-state index contributed by atoms with van der Waals surface area (Å²) in [5.41, 5.74) is 0. The lowest BCUT2D eigenvalue weighted by Crippen LogP contribution is -2.51. The molecule has 19 heavy (non-hydrogen) atoms. The van der Waals surface area contributed by atoms with Crippen LogP contribution in [0.25, 0.3) is 0 Å². The number of carboxylic acids is 1. The molecule has 2 atom stereocenters. The Balaban J connectivity index is 2.90. The first-order chi connectivity index (χ1) is 8.70. The van der Waals surface area contributed by atoms with Crippen LogP contribution in [-0.4, -0.2) is 66.5 Å². The normalized spacial score (nSPS) is 22.2. The van der Waals surface area contributed by atoms with E-state index in [2.05, 4.69) is 0 Å². The molecule has 0 aromatic rings. The van der Waals surface area contributed by atoms with Crippen molar-refractivity contribution in [1.29, 1.82) is 0 Å². The number of sulfonamides is 1. The number of rotatable bonds is 5. The fourth-order valence-corrected chi connectivity index (χ4v) is 3.51. The molecule has 1 amide bonds. The van der Waals surface area contributed by atoms with Crippen molar-refractivity contribution in [2.24, 2.45) is 0 Å². The lowest BCUT2D eigenvalue weighted by atomic mass is 10.1. The molecule has 0 aromatic heterocycles. The zero-order chi connectivity index (χ0) is 14.8. The molecule has 1 N–H and O–H groups in total. The number of likely N-dealkylation sites (N-methyl/N-ethyl adjacent to an activating group) is 1. The number of amides is 1. The lowest BCUT2D eigenvalue weighted by molar-refractivity contribution is -0.150. The van der Waals surface area contributed by atoms with Crippen LogP contribution in [0, 0.1) is 0 Å². The number of carboxylic acid groups (broad SMARTS) is 1. The highest BCUT2D eigenvalue weighted by molar-refractivity contribution is 7.88. The predicted octanol–water partition coefficient (Wildman–Crippen LogP) is -0.268. The summed E-state index contributed by atoms with van der Waals surface area (Å²) >= 11 is 0. The molecule has 0 radical (unpaired) electrons. The summed E-state index contributed by atoms with van der Waals surface area (Å²) in [4.78, 5) is 24.4. The zero-order valence-corrected chi connectivity index (χ0v) is 12.2. The first-order valence-corrected chi connectivity index (χ1v) is 8.01. The number of nitrogens with zero attached hydrogens (tertiary/aromatic N) is 2. The van der Waals surface area contributed by atoms with E-state index in [0.717, 1.165) is 15.5 Å². The van der Waals surface area contributed by atoms with Crippen molar-refractivity contribution in [3.05, 3.63) is 0 Å². The Bertz CT molecular complexity index is 462. The minimum absolute atomic E-state index is 0.281. The largest absolute Gasteiger partial charge is 0.480 e. The maximum absolute atomic E-state index is 12.3. The molecule has 0 aromatic carbocycles. The van der Waals surface area contributed by atoms with Gasteiger partial charge in [0, 0.05) is 13.6 Å². The maximum atomic E-state index is 12.3. The summed E-state index contributed by atoms with van der Waals surface area (Å²) in [6.07, 6.45) is 2.39. The molecule has 8 heteroatoms. The van der Waals surface area contributed by atoms with Crippen LogP contribution in [-0.2, 0) is 19.6 Å². The molecule has 0 aliphatic carbocycles. The van der Waals surface area contributed by atoms with Gasteiger partial charge in [-0.1, -0.05) is 6.92 Å². The second-order valence-corrected chi connectivity index (χ2v) is 6.68. The molecule has 110 valence electrons. The smallest absolute Gasteiger partial charge is 0.326 e. The average Bonchev–Trinajstić information content (AvgIpc) is 2.76. The minimum Gasteiger partial charge on any atom is -0.480 e. The van der Waals surface area contributed by atoms with Crippen LogP contribution in [0.3, 0.4) is 0 Å². The van der Waals surface area contributed by atoms with Crippen LogP contribution < -0.4 is 0 Å². The van der Waals surface area contributed by atoms with Crippen LogP contribution >= 0.6 is 0 Å². The van der Waals surface area contributed by atoms with E-state index in [0.29, 0.717) is 19.4 Å². The first kappa shape index (κ1) is 15.9. The molecule has 2 unspecified atom stereocenters. The molecular formula is C11H20N2O5S. The van der Waals surface area contributed by atoms with E-state index in [-0.39, 0.29) is 6.42 Å². The van der Waals surface area contributed by atoms with Gasteiger partial charge in [-0.25, -0.2) is 13.2 Å². The number of hydrogen-bond donors (Lipinski definition) is 1. The molecule has 1 fully saturated rings. The van der Waals surface area contributed by atoms with Gasteiger partial charge in [-0.05, 0) is 19.3 Å². The minimum atomic E-state index is -3.44. The summed E-state index contributed by atoms with van der Waals surface area (Å²) in [5.74, 6) is -1.53. The molecule has 7 nitrogen and oxygen atoms in total. The average molecular weight is 292 g/mol. The maximum Gasteiger partial charge on any atom is 0.326 e. The Morgan fingerprint density at radius 3 is 2.47 bits per heavy atom. The summed E-state index contributed by atoms with van der Waals surface area (Å²) in [6, 6.07) is -1.69.